The van der Waals surface area contributed by atoms with Gasteiger partial charge in [0, 0.05) is 29.9 Å². The fraction of sp³-hybridized carbons (Fsp3) is 1.00. The van der Waals surface area contributed by atoms with Crippen molar-refractivity contribution in [1.29, 1.82) is 0 Å². The van der Waals surface area contributed by atoms with Crippen LogP contribution in [0.5, 0.6) is 0 Å². The summed E-state index contributed by atoms with van der Waals surface area (Å²) < 4.78 is 6.02. The molecule has 3 fully saturated rings. The first-order valence-electron chi connectivity index (χ1n) is 7.80. The molecule has 0 aromatic heterocycles. The Kier molecular flexibility index (Phi) is 4.21. The third-order valence-corrected chi connectivity index (χ3v) is 6.47. The van der Waals surface area contributed by atoms with Crippen molar-refractivity contribution in [3.63, 3.8) is 0 Å². The summed E-state index contributed by atoms with van der Waals surface area (Å²) in [6, 6.07) is 1.53. The van der Waals surface area contributed by atoms with Gasteiger partial charge in [-0.1, -0.05) is 19.3 Å². The van der Waals surface area contributed by atoms with Crippen LogP contribution in [-0.4, -0.2) is 36.3 Å². The predicted octanol–water partition coefficient (Wildman–Crippen LogP) is 3.21. The van der Waals surface area contributed by atoms with Crippen LogP contribution in [-0.2, 0) is 4.74 Å². The molecule has 3 aliphatic rings. The summed E-state index contributed by atoms with van der Waals surface area (Å²) in [4.78, 5) is 0. The van der Waals surface area contributed by atoms with Gasteiger partial charge < -0.3 is 10.1 Å². The van der Waals surface area contributed by atoms with Gasteiger partial charge in [-0.25, -0.2) is 0 Å². The van der Waals surface area contributed by atoms with E-state index in [1.54, 1.807) is 0 Å². The maximum Gasteiger partial charge on any atom is 0.0661 e. The maximum atomic E-state index is 6.02. The third kappa shape index (κ3) is 2.34. The van der Waals surface area contributed by atoms with Crippen molar-refractivity contribution in [1.82, 2.24) is 5.32 Å². The van der Waals surface area contributed by atoms with Crippen molar-refractivity contribution in [3.8, 4) is 0 Å². The third-order valence-electron chi connectivity index (χ3n) is 5.30. The molecule has 2 aliphatic carbocycles. The molecule has 1 aliphatic heterocycles. The van der Waals surface area contributed by atoms with Gasteiger partial charge in [-0.2, -0.15) is 11.8 Å². The zero-order valence-electron chi connectivity index (χ0n) is 11.6. The summed E-state index contributed by atoms with van der Waals surface area (Å²) in [6.45, 7) is 3.03. The fourth-order valence-electron chi connectivity index (χ4n) is 4.25. The molecular weight excluding hydrogens is 242 g/mol. The molecule has 1 N–H and O–H groups in total. The standard InChI is InChI=1S/C15H27NOS/c1-2-17-14-10-13(16-12-6-9-18-11-12)15(14)7-4-3-5-8-15/h12-14,16H,2-11H2,1H3. The van der Waals surface area contributed by atoms with Crippen molar-refractivity contribution in [3.05, 3.63) is 0 Å². The first-order chi connectivity index (χ1) is 8.85. The van der Waals surface area contributed by atoms with Crippen LogP contribution in [0.3, 0.4) is 0 Å². The number of ether oxygens (including phenoxy) is 1. The van der Waals surface area contributed by atoms with E-state index in [-0.39, 0.29) is 0 Å². The molecule has 3 atom stereocenters. The molecule has 18 heavy (non-hydrogen) atoms. The van der Waals surface area contributed by atoms with Gasteiger partial charge in [0.05, 0.1) is 6.10 Å². The first-order valence-corrected chi connectivity index (χ1v) is 8.96. The van der Waals surface area contributed by atoms with Gasteiger partial charge in [-0.3, -0.25) is 0 Å². The first kappa shape index (κ1) is 13.3. The monoisotopic (exact) mass is 269 g/mol. The van der Waals surface area contributed by atoms with Crippen LogP contribution in [0, 0.1) is 5.41 Å². The quantitative estimate of drug-likeness (QED) is 0.847. The Labute approximate surface area is 116 Å². The second-order valence-corrected chi connectivity index (χ2v) is 7.40. The molecule has 1 heterocycles. The average Bonchev–Trinajstić information content (AvgIpc) is 2.92. The topological polar surface area (TPSA) is 21.3 Å². The Morgan fingerprint density at radius 2 is 2.11 bits per heavy atom. The number of rotatable bonds is 4. The Morgan fingerprint density at radius 1 is 1.28 bits per heavy atom. The van der Waals surface area contributed by atoms with Crippen LogP contribution in [0.1, 0.15) is 51.9 Å². The fourth-order valence-corrected chi connectivity index (χ4v) is 5.41. The van der Waals surface area contributed by atoms with Crippen molar-refractivity contribution in [2.45, 2.75) is 70.1 Å². The van der Waals surface area contributed by atoms with Gasteiger partial charge in [-0.05, 0) is 38.4 Å². The Hall–Kier alpha value is 0.270. The number of nitrogens with one attached hydrogen (secondary N) is 1. The molecule has 1 spiro atoms. The molecule has 0 bridgehead atoms. The molecule has 0 aromatic carbocycles. The lowest BCUT2D eigenvalue weighted by Crippen LogP contribution is -2.66. The molecule has 3 heteroatoms. The highest BCUT2D eigenvalue weighted by atomic mass is 32.2. The van der Waals surface area contributed by atoms with Crippen LogP contribution in [0.15, 0.2) is 0 Å². The number of thioether (sulfide) groups is 1. The molecular formula is C15H27NOS. The highest BCUT2D eigenvalue weighted by Crippen LogP contribution is 2.53. The Balaban J connectivity index is 1.62. The van der Waals surface area contributed by atoms with Crippen molar-refractivity contribution in [2.24, 2.45) is 5.41 Å². The Bertz CT molecular complexity index is 272. The predicted molar refractivity (Wildman–Crippen MR) is 78.2 cm³/mol. The van der Waals surface area contributed by atoms with Crippen LogP contribution in [0.25, 0.3) is 0 Å². The molecule has 3 rings (SSSR count). The lowest BCUT2D eigenvalue weighted by atomic mass is 9.55. The second-order valence-electron chi connectivity index (χ2n) is 6.25. The van der Waals surface area contributed by atoms with Crippen molar-refractivity contribution < 1.29 is 4.74 Å². The minimum absolute atomic E-state index is 0.502. The van der Waals surface area contributed by atoms with E-state index < -0.39 is 0 Å². The van der Waals surface area contributed by atoms with Crippen LogP contribution in [0.4, 0.5) is 0 Å². The second kappa shape index (κ2) is 5.72. The largest absolute Gasteiger partial charge is 0.378 e. The zero-order chi connectivity index (χ0) is 12.4. The van der Waals surface area contributed by atoms with E-state index in [0.29, 0.717) is 11.5 Å². The summed E-state index contributed by atoms with van der Waals surface area (Å²) in [5, 5.41) is 3.96. The molecule has 0 radical (unpaired) electrons. The van der Waals surface area contributed by atoms with Crippen molar-refractivity contribution >= 4 is 11.8 Å². The van der Waals surface area contributed by atoms with Crippen molar-refractivity contribution in [2.75, 3.05) is 18.1 Å². The normalized spacial score (nSPS) is 38.8. The minimum atomic E-state index is 0.502. The van der Waals surface area contributed by atoms with E-state index in [1.165, 1.54) is 56.5 Å². The van der Waals surface area contributed by atoms with Gasteiger partial charge in [0.15, 0.2) is 0 Å². The van der Waals surface area contributed by atoms with E-state index in [4.69, 9.17) is 4.74 Å². The van der Waals surface area contributed by atoms with Crippen LogP contribution >= 0.6 is 11.8 Å². The van der Waals surface area contributed by atoms with Gasteiger partial charge in [0.2, 0.25) is 0 Å². The summed E-state index contributed by atoms with van der Waals surface area (Å²) in [5.41, 5.74) is 0.502. The number of hydrogen-bond acceptors (Lipinski definition) is 3. The Morgan fingerprint density at radius 3 is 2.78 bits per heavy atom. The highest BCUT2D eigenvalue weighted by molar-refractivity contribution is 7.99. The molecule has 0 aromatic rings. The molecule has 3 unspecified atom stereocenters. The van der Waals surface area contributed by atoms with E-state index in [2.05, 4.69) is 24.0 Å². The summed E-state index contributed by atoms with van der Waals surface area (Å²) in [5.74, 6) is 2.68. The van der Waals surface area contributed by atoms with Crippen LogP contribution in [0.2, 0.25) is 0 Å². The van der Waals surface area contributed by atoms with E-state index >= 15 is 0 Å². The summed E-state index contributed by atoms with van der Waals surface area (Å²) >= 11 is 2.11. The van der Waals surface area contributed by atoms with Gasteiger partial charge in [0.25, 0.3) is 0 Å². The zero-order valence-corrected chi connectivity index (χ0v) is 12.4. The molecule has 2 nitrogen and oxygen atoms in total. The number of hydrogen-bond donors (Lipinski definition) is 1. The maximum absolute atomic E-state index is 6.02. The van der Waals surface area contributed by atoms with Gasteiger partial charge in [-0.15, -0.1) is 0 Å². The van der Waals surface area contributed by atoms with Crippen LogP contribution < -0.4 is 5.32 Å². The molecule has 0 amide bonds. The van der Waals surface area contributed by atoms with E-state index in [9.17, 15) is 0 Å². The molecule has 104 valence electrons. The van der Waals surface area contributed by atoms with Gasteiger partial charge in [0.1, 0.15) is 0 Å². The average molecular weight is 269 g/mol. The van der Waals surface area contributed by atoms with E-state index in [1.807, 2.05) is 0 Å². The highest BCUT2D eigenvalue weighted by Gasteiger charge is 2.55. The summed E-state index contributed by atoms with van der Waals surface area (Å²) in [6.07, 6.45) is 10.2. The molecule has 1 saturated heterocycles. The van der Waals surface area contributed by atoms with E-state index in [0.717, 1.165) is 18.7 Å². The lowest BCUT2D eigenvalue weighted by molar-refractivity contribution is -0.151. The molecule has 2 saturated carbocycles. The minimum Gasteiger partial charge on any atom is -0.378 e. The van der Waals surface area contributed by atoms with Gasteiger partial charge >= 0.3 is 0 Å². The SMILES string of the molecule is CCOC1CC(NC2CCSC2)C12CCCCC2. The smallest absolute Gasteiger partial charge is 0.0661 e. The summed E-state index contributed by atoms with van der Waals surface area (Å²) in [7, 11) is 0. The lowest BCUT2D eigenvalue weighted by Gasteiger charge is -2.58.